The molecule has 0 bridgehead atoms. The minimum atomic E-state index is 0.757. The lowest BCUT2D eigenvalue weighted by atomic mass is 10.1. The number of unbranched alkanes of at least 4 members (excludes halogenated alkanes) is 1. The van der Waals surface area contributed by atoms with Crippen molar-refractivity contribution in [2.45, 2.75) is 12.8 Å². The molecule has 0 aliphatic carbocycles. The van der Waals surface area contributed by atoms with Gasteiger partial charge < -0.3 is 14.5 Å². The summed E-state index contributed by atoms with van der Waals surface area (Å²) in [5.41, 5.74) is 3.53. The van der Waals surface area contributed by atoms with Gasteiger partial charge in [-0.15, -0.1) is 0 Å². The fourth-order valence-corrected chi connectivity index (χ4v) is 2.68. The van der Waals surface area contributed by atoms with E-state index in [0.717, 1.165) is 37.3 Å². The van der Waals surface area contributed by atoms with Gasteiger partial charge in [0.05, 0.1) is 6.61 Å². The molecule has 2 rings (SSSR count). The lowest BCUT2D eigenvalue weighted by Crippen LogP contribution is -2.13. The first-order chi connectivity index (χ1) is 12.1. The summed E-state index contributed by atoms with van der Waals surface area (Å²) >= 11 is 0. The van der Waals surface area contributed by atoms with Crippen LogP contribution in [0.1, 0.15) is 24.0 Å². The quantitative estimate of drug-likeness (QED) is 0.489. The molecular formula is C22H30N2O. The number of rotatable bonds is 9. The van der Waals surface area contributed by atoms with Gasteiger partial charge in [-0.1, -0.05) is 48.6 Å². The standard InChI is InChI=1S/C22H30N2O/c1-23(2)17-9-10-18-25-22-14-8-6-12-20(22)16-15-19-11-5-7-13-21(19)24(3)4/h5-8,11-16H,9-10,17-18H2,1-4H3. The Morgan fingerprint density at radius 3 is 2.16 bits per heavy atom. The largest absolute Gasteiger partial charge is 0.493 e. The van der Waals surface area contributed by atoms with Crippen LogP contribution in [0.25, 0.3) is 12.2 Å². The molecule has 3 heteroatoms. The molecule has 0 aliphatic heterocycles. The van der Waals surface area contributed by atoms with Crippen molar-refractivity contribution in [3.8, 4) is 5.75 Å². The van der Waals surface area contributed by atoms with Gasteiger partial charge >= 0.3 is 0 Å². The van der Waals surface area contributed by atoms with Gasteiger partial charge in [0, 0.05) is 25.3 Å². The molecule has 0 heterocycles. The van der Waals surface area contributed by atoms with Gasteiger partial charge in [0.2, 0.25) is 0 Å². The van der Waals surface area contributed by atoms with Crippen LogP contribution in [0.5, 0.6) is 5.75 Å². The molecule has 0 atom stereocenters. The van der Waals surface area contributed by atoms with Crippen LogP contribution in [0.15, 0.2) is 48.5 Å². The predicted octanol–water partition coefficient (Wildman–Crippen LogP) is 4.64. The molecule has 0 saturated heterocycles. The van der Waals surface area contributed by atoms with Crippen LogP contribution < -0.4 is 9.64 Å². The summed E-state index contributed by atoms with van der Waals surface area (Å²) < 4.78 is 6.00. The van der Waals surface area contributed by atoms with Crippen molar-refractivity contribution in [1.82, 2.24) is 4.90 Å². The molecule has 0 aliphatic rings. The first-order valence-electron chi connectivity index (χ1n) is 8.89. The van der Waals surface area contributed by atoms with Gasteiger partial charge in [0.15, 0.2) is 0 Å². The monoisotopic (exact) mass is 338 g/mol. The van der Waals surface area contributed by atoms with Crippen LogP contribution >= 0.6 is 0 Å². The molecule has 0 aromatic heterocycles. The summed E-state index contributed by atoms with van der Waals surface area (Å²) in [4.78, 5) is 4.34. The zero-order chi connectivity index (χ0) is 18.1. The second-order valence-electron chi connectivity index (χ2n) is 6.68. The fourth-order valence-electron chi connectivity index (χ4n) is 2.68. The average molecular weight is 338 g/mol. The van der Waals surface area contributed by atoms with E-state index >= 15 is 0 Å². The van der Waals surface area contributed by atoms with E-state index in [1.54, 1.807) is 0 Å². The molecule has 3 nitrogen and oxygen atoms in total. The van der Waals surface area contributed by atoms with E-state index in [1.807, 2.05) is 12.1 Å². The highest BCUT2D eigenvalue weighted by Crippen LogP contribution is 2.24. The fraction of sp³-hybridized carbons (Fsp3) is 0.364. The zero-order valence-corrected chi connectivity index (χ0v) is 15.9. The van der Waals surface area contributed by atoms with Crippen LogP contribution in [0.3, 0.4) is 0 Å². The Morgan fingerprint density at radius 2 is 1.44 bits per heavy atom. The van der Waals surface area contributed by atoms with Crippen molar-refractivity contribution in [2.75, 3.05) is 46.2 Å². The number of benzene rings is 2. The molecule has 2 aromatic rings. The second-order valence-corrected chi connectivity index (χ2v) is 6.68. The van der Waals surface area contributed by atoms with Gasteiger partial charge in [0.1, 0.15) is 5.75 Å². The molecule has 25 heavy (non-hydrogen) atoms. The van der Waals surface area contributed by atoms with Crippen molar-refractivity contribution >= 4 is 17.8 Å². The van der Waals surface area contributed by atoms with Gasteiger partial charge in [-0.2, -0.15) is 0 Å². The third-order valence-electron chi connectivity index (χ3n) is 4.04. The van der Waals surface area contributed by atoms with E-state index in [9.17, 15) is 0 Å². The molecule has 134 valence electrons. The number of nitrogens with zero attached hydrogens (tertiary/aromatic N) is 2. The van der Waals surface area contributed by atoms with Gasteiger partial charge in [-0.25, -0.2) is 0 Å². The van der Waals surface area contributed by atoms with E-state index in [-0.39, 0.29) is 0 Å². The van der Waals surface area contributed by atoms with E-state index in [0.29, 0.717) is 0 Å². The summed E-state index contributed by atoms with van der Waals surface area (Å²) in [6, 6.07) is 16.6. The Morgan fingerprint density at radius 1 is 0.800 bits per heavy atom. The third kappa shape index (κ3) is 6.28. The molecule has 0 unspecified atom stereocenters. The van der Waals surface area contributed by atoms with Crippen LogP contribution in [0.2, 0.25) is 0 Å². The highest BCUT2D eigenvalue weighted by molar-refractivity contribution is 5.78. The van der Waals surface area contributed by atoms with Crippen molar-refractivity contribution in [1.29, 1.82) is 0 Å². The summed E-state index contributed by atoms with van der Waals surface area (Å²) in [5.74, 6) is 0.950. The van der Waals surface area contributed by atoms with Crippen LogP contribution in [0, 0.1) is 0 Å². The highest BCUT2D eigenvalue weighted by Gasteiger charge is 2.03. The van der Waals surface area contributed by atoms with Gasteiger partial charge in [-0.3, -0.25) is 0 Å². The summed E-state index contributed by atoms with van der Waals surface area (Å²) in [6.07, 6.45) is 6.52. The Labute approximate surface area is 152 Å². The SMILES string of the molecule is CN(C)CCCCOc1ccccc1C=Cc1ccccc1N(C)C. The smallest absolute Gasteiger partial charge is 0.126 e. The molecule has 0 saturated carbocycles. The van der Waals surface area contributed by atoms with Crippen LogP contribution in [0.4, 0.5) is 5.69 Å². The predicted molar refractivity (Wildman–Crippen MR) is 109 cm³/mol. The second kappa shape index (κ2) is 9.90. The van der Waals surface area contributed by atoms with E-state index < -0.39 is 0 Å². The Hall–Kier alpha value is -2.26. The summed E-state index contributed by atoms with van der Waals surface area (Å²) in [7, 11) is 8.34. The van der Waals surface area contributed by atoms with Crippen molar-refractivity contribution in [2.24, 2.45) is 0 Å². The third-order valence-corrected chi connectivity index (χ3v) is 4.04. The topological polar surface area (TPSA) is 15.7 Å². The lowest BCUT2D eigenvalue weighted by molar-refractivity contribution is 0.292. The molecular weight excluding hydrogens is 308 g/mol. The maximum absolute atomic E-state index is 6.00. The molecule has 0 radical (unpaired) electrons. The maximum atomic E-state index is 6.00. The Kier molecular flexibility index (Phi) is 7.55. The van der Waals surface area contributed by atoms with Crippen molar-refractivity contribution in [3.63, 3.8) is 0 Å². The van der Waals surface area contributed by atoms with Gasteiger partial charge in [0.25, 0.3) is 0 Å². The van der Waals surface area contributed by atoms with E-state index in [2.05, 4.69) is 86.5 Å². The zero-order valence-electron chi connectivity index (χ0n) is 15.9. The minimum absolute atomic E-state index is 0.757. The van der Waals surface area contributed by atoms with Crippen LogP contribution in [-0.4, -0.2) is 46.2 Å². The molecule has 0 fully saturated rings. The molecule has 2 aromatic carbocycles. The van der Waals surface area contributed by atoms with Gasteiger partial charge in [-0.05, 0) is 51.2 Å². The number of para-hydroxylation sites is 2. The minimum Gasteiger partial charge on any atom is -0.493 e. The van der Waals surface area contributed by atoms with Crippen LogP contribution in [-0.2, 0) is 0 Å². The number of hydrogen-bond acceptors (Lipinski definition) is 3. The number of hydrogen-bond donors (Lipinski definition) is 0. The Balaban J connectivity index is 2.03. The normalized spacial score (nSPS) is 11.2. The van der Waals surface area contributed by atoms with E-state index in [1.165, 1.54) is 11.3 Å². The first-order valence-corrected chi connectivity index (χ1v) is 8.89. The molecule has 0 amide bonds. The molecule has 0 spiro atoms. The van der Waals surface area contributed by atoms with E-state index in [4.69, 9.17) is 4.74 Å². The number of anilines is 1. The lowest BCUT2D eigenvalue weighted by Gasteiger charge is -2.15. The van der Waals surface area contributed by atoms with Crippen molar-refractivity contribution < 1.29 is 4.74 Å². The van der Waals surface area contributed by atoms with Crippen molar-refractivity contribution in [3.05, 3.63) is 59.7 Å². The summed E-state index contributed by atoms with van der Waals surface area (Å²) in [5, 5.41) is 0. The first kappa shape index (κ1) is 19.1. The number of ether oxygens (including phenoxy) is 1. The maximum Gasteiger partial charge on any atom is 0.126 e. The molecule has 0 N–H and O–H groups in total. The summed E-state index contributed by atoms with van der Waals surface area (Å²) in [6.45, 7) is 1.86. The average Bonchev–Trinajstić information content (AvgIpc) is 2.60. The Bertz CT molecular complexity index is 677. The highest BCUT2D eigenvalue weighted by atomic mass is 16.5.